The molecule has 1 aromatic carbocycles. The van der Waals surface area contributed by atoms with Gasteiger partial charge in [-0.15, -0.1) is 0 Å². The summed E-state index contributed by atoms with van der Waals surface area (Å²) in [4.78, 5) is 14.6. The summed E-state index contributed by atoms with van der Waals surface area (Å²) in [6.45, 7) is 3.42. The van der Waals surface area contributed by atoms with Crippen molar-refractivity contribution in [1.82, 2.24) is 10.2 Å². The molecule has 0 unspecified atom stereocenters. The van der Waals surface area contributed by atoms with Crippen LogP contribution in [0.15, 0.2) is 18.2 Å². The number of methoxy groups -OCH3 is 1. The second-order valence-electron chi connectivity index (χ2n) is 6.69. The summed E-state index contributed by atoms with van der Waals surface area (Å²) in [5.74, 6) is 0.0991. The molecule has 1 heterocycles. The molecule has 0 aliphatic carbocycles. The summed E-state index contributed by atoms with van der Waals surface area (Å²) in [7, 11) is -2.15. The summed E-state index contributed by atoms with van der Waals surface area (Å²) in [6.07, 6.45) is 5.68. The van der Waals surface area contributed by atoms with Crippen LogP contribution >= 0.6 is 11.6 Å². The zero-order valence-electron chi connectivity index (χ0n) is 15.9. The van der Waals surface area contributed by atoms with Gasteiger partial charge >= 0.3 is 0 Å². The van der Waals surface area contributed by atoms with Gasteiger partial charge in [0, 0.05) is 6.54 Å². The van der Waals surface area contributed by atoms with E-state index in [1.807, 2.05) is 0 Å². The van der Waals surface area contributed by atoms with E-state index in [4.69, 9.17) is 16.3 Å². The Morgan fingerprint density at radius 3 is 2.59 bits per heavy atom. The van der Waals surface area contributed by atoms with Gasteiger partial charge in [-0.1, -0.05) is 18.0 Å². The Balaban J connectivity index is 1.89. The van der Waals surface area contributed by atoms with E-state index in [0.29, 0.717) is 18.0 Å². The van der Waals surface area contributed by atoms with E-state index in [1.54, 1.807) is 12.1 Å². The van der Waals surface area contributed by atoms with Crippen LogP contribution in [0.2, 0.25) is 5.02 Å². The van der Waals surface area contributed by atoms with Crippen molar-refractivity contribution in [2.24, 2.45) is 0 Å². The number of anilines is 1. The topological polar surface area (TPSA) is 79.0 Å². The standard InChI is InChI=1S/C18H28ClN3O4S/c1-26-17-8-7-15(13-16(17)19)22(27(2,24)25)14-18(23)20-9-6-12-21-10-4-3-5-11-21/h7-8,13H,3-6,9-12,14H2,1-2H3,(H,20,23). The van der Waals surface area contributed by atoms with Gasteiger partial charge in [-0.2, -0.15) is 0 Å². The van der Waals surface area contributed by atoms with Gasteiger partial charge in [-0.3, -0.25) is 9.10 Å². The SMILES string of the molecule is COc1ccc(N(CC(=O)NCCCN2CCCCC2)S(C)(=O)=O)cc1Cl. The fourth-order valence-electron chi connectivity index (χ4n) is 3.11. The summed E-state index contributed by atoms with van der Waals surface area (Å²) in [6, 6.07) is 4.62. The Kier molecular flexibility index (Phi) is 8.19. The highest BCUT2D eigenvalue weighted by Crippen LogP contribution is 2.30. The van der Waals surface area contributed by atoms with Gasteiger partial charge in [0.2, 0.25) is 15.9 Å². The second-order valence-corrected chi connectivity index (χ2v) is 9.01. The van der Waals surface area contributed by atoms with Gasteiger partial charge < -0.3 is 15.0 Å². The van der Waals surface area contributed by atoms with Crippen LogP contribution in [-0.4, -0.2) is 65.3 Å². The lowest BCUT2D eigenvalue weighted by Gasteiger charge is -2.26. The molecule has 0 aromatic heterocycles. The van der Waals surface area contributed by atoms with Crippen molar-refractivity contribution in [3.63, 3.8) is 0 Å². The highest BCUT2D eigenvalue weighted by Gasteiger charge is 2.21. The van der Waals surface area contributed by atoms with E-state index >= 15 is 0 Å². The quantitative estimate of drug-likeness (QED) is 0.622. The molecule has 1 fully saturated rings. The molecule has 1 amide bonds. The monoisotopic (exact) mass is 417 g/mol. The molecule has 7 nitrogen and oxygen atoms in total. The van der Waals surface area contributed by atoms with Crippen LogP contribution in [0.4, 0.5) is 5.69 Å². The first-order chi connectivity index (χ1) is 12.8. The third-order valence-corrected chi connectivity index (χ3v) is 5.97. The molecule has 9 heteroatoms. The van der Waals surface area contributed by atoms with Crippen molar-refractivity contribution in [1.29, 1.82) is 0 Å². The molecule has 1 saturated heterocycles. The zero-order valence-corrected chi connectivity index (χ0v) is 17.5. The lowest BCUT2D eigenvalue weighted by atomic mass is 10.1. The van der Waals surface area contributed by atoms with Crippen molar-refractivity contribution in [3.8, 4) is 5.75 Å². The molecule has 1 aliphatic heterocycles. The molecule has 0 saturated carbocycles. The number of ether oxygens (including phenoxy) is 1. The van der Waals surface area contributed by atoms with Crippen LogP contribution < -0.4 is 14.4 Å². The lowest BCUT2D eigenvalue weighted by Crippen LogP contribution is -2.41. The molecule has 152 valence electrons. The van der Waals surface area contributed by atoms with E-state index in [0.717, 1.165) is 36.6 Å². The number of nitrogens with zero attached hydrogens (tertiary/aromatic N) is 2. The Labute approximate surface area is 166 Å². The largest absolute Gasteiger partial charge is 0.495 e. The summed E-state index contributed by atoms with van der Waals surface area (Å²) in [5, 5.41) is 3.09. The number of likely N-dealkylation sites (tertiary alicyclic amines) is 1. The predicted molar refractivity (Wildman–Crippen MR) is 108 cm³/mol. The molecule has 0 spiro atoms. The van der Waals surface area contributed by atoms with Gasteiger partial charge in [-0.25, -0.2) is 8.42 Å². The number of rotatable bonds is 9. The minimum atomic E-state index is -3.63. The van der Waals surface area contributed by atoms with Crippen LogP contribution in [-0.2, 0) is 14.8 Å². The molecule has 0 bridgehead atoms. The minimum Gasteiger partial charge on any atom is -0.495 e. The van der Waals surface area contributed by atoms with E-state index in [-0.39, 0.29) is 17.5 Å². The molecule has 1 aliphatic rings. The Bertz CT molecular complexity index is 736. The van der Waals surface area contributed by atoms with Gasteiger partial charge in [0.15, 0.2) is 0 Å². The number of hydrogen-bond acceptors (Lipinski definition) is 5. The maximum atomic E-state index is 12.2. The second kappa shape index (κ2) is 10.1. The molecule has 1 aromatic rings. The van der Waals surface area contributed by atoms with E-state index < -0.39 is 10.0 Å². The third kappa shape index (κ3) is 6.86. The smallest absolute Gasteiger partial charge is 0.240 e. The normalized spacial score (nSPS) is 15.4. The molecular weight excluding hydrogens is 390 g/mol. The number of nitrogens with one attached hydrogen (secondary N) is 1. The third-order valence-electron chi connectivity index (χ3n) is 4.53. The number of carbonyl (C=O) groups is 1. The summed E-state index contributed by atoms with van der Waals surface area (Å²) >= 11 is 6.08. The fourth-order valence-corrected chi connectivity index (χ4v) is 4.21. The lowest BCUT2D eigenvalue weighted by molar-refractivity contribution is -0.119. The van der Waals surface area contributed by atoms with Gasteiger partial charge in [0.25, 0.3) is 0 Å². The van der Waals surface area contributed by atoms with Crippen LogP contribution in [0.5, 0.6) is 5.75 Å². The predicted octanol–water partition coefficient (Wildman–Crippen LogP) is 2.11. The maximum absolute atomic E-state index is 12.2. The number of amides is 1. The number of carbonyl (C=O) groups excluding carboxylic acids is 1. The van der Waals surface area contributed by atoms with Gasteiger partial charge in [-0.05, 0) is 57.1 Å². The van der Waals surface area contributed by atoms with E-state index in [9.17, 15) is 13.2 Å². The number of piperidine rings is 1. The Hall–Kier alpha value is -1.51. The number of sulfonamides is 1. The van der Waals surface area contributed by atoms with Crippen LogP contribution in [0.3, 0.4) is 0 Å². The van der Waals surface area contributed by atoms with Crippen LogP contribution in [0.1, 0.15) is 25.7 Å². The number of halogens is 1. The van der Waals surface area contributed by atoms with Crippen molar-refractivity contribution >= 4 is 33.2 Å². The van der Waals surface area contributed by atoms with Crippen molar-refractivity contribution in [2.75, 3.05) is 50.4 Å². The average Bonchev–Trinajstić information content (AvgIpc) is 2.63. The highest BCUT2D eigenvalue weighted by molar-refractivity contribution is 7.92. The molecule has 1 N–H and O–H groups in total. The van der Waals surface area contributed by atoms with Crippen LogP contribution in [0.25, 0.3) is 0 Å². The molecule has 0 atom stereocenters. The van der Waals surface area contributed by atoms with Crippen LogP contribution in [0, 0.1) is 0 Å². The summed E-state index contributed by atoms with van der Waals surface area (Å²) < 4.78 is 30.4. The molecule has 2 rings (SSSR count). The first kappa shape index (κ1) is 21.8. The highest BCUT2D eigenvalue weighted by atomic mass is 35.5. The fraction of sp³-hybridized carbons (Fsp3) is 0.611. The average molecular weight is 418 g/mol. The first-order valence-electron chi connectivity index (χ1n) is 9.11. The van der Waals surface area contributed by atoms with Gasteiger partial charge in [0.05, 0.1) is 24.1 Å². The molecule has 27 heavy (non-hydrogen) atoms. The number of benzene rings is 1. The number of hydrogen-bond donors (Lipinski definition) is 1. The van der Waals surface area contributed by atoms with E-state index in [2.05, 4.69) is 10.2 Å². The molecule has 0 radical (unpaired) electrons. The van der Waals surface area contributed by atoms with Crippen molar-refractivity contribution in [2.45, 2.75) is 25.7 Å². The zero-order chi connectivity index (χ0) is 19.9. The first-order valence-corrected chi connectivity index (χ1v) is 11.3. The summed E-state index contributed by atoms with van der Waals surface area (Å²) in [5.41, 5.74) is 0.326. The maximum Gasteiger partial charge on any atom is 0.240 e. The Morgan fingerprint density at radius 1 is 1.30 bits per heavy atom. The molecular formula is C18H28ClN3O4S. The Morgan fingerprint density at radius 2 is 2.00 bits per heavy atom. The van der Waals surface area contributed by atoms with Crippen molar-refractivity contribution in [3.05, 3.63) is 23.2 Å². The van der Waals surface area contributed by atoms with Crippen molar-refractivity contribution < 1.29 is 17.9 Å². The van der Waals surface area contributed by atoms with Gasteiger partial charge in [0.1, 0.15) is 12.3 Å². The minimum absolute atomic E-state index is 0.283. The van der Waals surface area contributed by atoms with E-state index in [1.165, 1.54) is 32.4 Å².